The number of hydrogen-bond donors (Lipinski definition) is 3. The number of hydrogen-bond acceptors (Lipinski definition) is 5. The van der Waals surface area contributed by atoms with Gasteiger partial charge in [0, 0.05) is 12.8 Å². The molecule has 0 radical (unpaired) electrons. The van der Waals surface area contributed by atoms with Gasteiger partial charge in [0.25, 0.3) is 0 Å². The summed E-state index contributed by atoms with van der Waals surface area (Å²) in [5.41, 5.74) is 0. The van der Waals surface area contributed by atoms with Crippen molar-refractivity contribution in [1.29, 1.82) is 0 Å². The highest BCUT2D eigenvalue weighted by Crippen LogP contribution is 2.19. The number of allylic oxidation sites excluding steroid dienone is 3. The Balaban J connectivity index is 3.38. The predicted octanol–water partition coefficient (Wildman–Crippen LogP) is 24.1. The van der Waals surface area contributed by atoms with Crippen LogP contribution in [-0.2, 0) is 14.3 Å². The van der Waals surface area contributed by atoms with E-state index in [-0.39, 0.29) is 18.5 Å². The van der Waals surface area contributed by atoms with Gasteiger partial charge in [-0.1, -0.05) is 372 Å². The first-order valence-electron chi connectivity index (χ1n) is 37.1. The second kappa shape index (κ2) is 70.8. The van der Waals surface area contributed by atoms with Crippen LogP contribution in [0, 0.1) is 0 Å². The predicted molar refractivity (Wildman–Crippen MR) is 356 cm³/mol. The summed E-state index contributed by atoms with van der Waals surface area (Å²) in [7, 11) is 0. The average Bonchev–Trinajstić information content (AvgIpc) is 3.47. The summed E-state index contributed by atoms with van der Waals surface area (Å²) < 4.78 is 5.50. The lowest BCUT2D eigenvalue weighted by atomic mass is 10.0. The van der Waals surface area contributed by atoms with Crippen molar-refractivity contribution in [3.8, 4) is 0 Å². The lowest BCUT2D eigenvalue weighted by Crippen LogP contribution is -2.45. The molecule has 0 saturated heterocycles. The molecule has 0 aliphatic heterocycles. The molecule has 3 N–H and O–H groups in total. The number of nitrogens with one attached hydrogen (secondary N) is 1. The van der Waals surface area contributed by atoms with Crippen molar-refractivity contribution >= 4 is 11.9 Å². The number of unbranched alkanes of at least 4 members (excludes halogenated alkanes) is 57. The fourth-order valence-electron chi connectivity index (χ4n) is 11.8. The molecule has 0 aromatic heterocycles. The minimum Gasteiger partial charge on any atom is -0.466 e. The summed E-state index contributed by atoms with van der Waals surface area (Å²) in [6, 6.07) is -0.627. The highest BCUT2D eigenvalue weighted by Gasteiger charge is 2.18. The minimum absolute atomic E-state index is 0.0205. The van der Waals surface area contributed by atoms with Crippen LogP contribution in [-0.4, -0.2) is 47.4 Å². The first-order chi connectivity index (χ1) is 40.0. The van der Waals surface area contributed by atoms with Crippen LogP contribution < -0.4 is 5.32 Å². The summed E-state index contributed by atoms with van der Waals surface area (Å²) in [5.74, 6) is -0.0420. The third-order valence-electron chi connectivity index (χ3n) is 17.5. The van der Waals surface area contributed by atoms with E-state index in [1.54, 1.807) is 6.08 Å². The maximum atomic E-state index is 12.5. The van der Waals surface area contributed by atoms with E-state index in [2.05, 4.69) is 31.3 Å². The Morgan fingerprint density at radius 1 is 0.333 bits per heavy atom. The van der Waals surface area contributed by atoms with Crippen molar-refractivity contribution < 1.29 is 24.5 Å². The van der Waals surface area contributed by atoms with E-state index >= 15 is 0 Å². The lowest BCUT2D eigenvalue weighted by molar-refractivity contribution is -0.143. The van der Waals surface area contributed by atoms with Gasteiger partial charge in [0.1, 0.15) is 0 Å². The van der Waals surface area contributed by atoms with E-state index in [1.807, 2.05) is 6.08 Å². The highest BCUT2D eigenvalue weighted by atomic mass is 16.5. The lowest BCUT2D eigenvalue weighted by Gasteiger charge is -2.20. The molecule has 0 fully saturated rings. The molecule has 6 nitrogen and oxygen atoms in total. The van der Waals surface area contributed by atoms with Gasteiger partial charge in [-0.2, -0.15) is 0 Å². The van der Waals surface area contributed by atoms with Crippen LogP contribution in [0.15, 0.2) is 24.3 Å². The van der Waals surface area contributed by atoms with Gasteiger partial charge in [0.2, 0.25) is 5.91 Å². The molecule has 0 bridgehead atoms. The zero-order valence-electron chi connectivity index (χ0n) is 55.0. The van der Waals surface area contributed by atoms with Crippen molar-refractivity contribution in [3.63, 3.8) is 0 Å². The van der Waals surface area contributed by atoms with Gasteiger partial charge >= 0.3 is 5.97 Å². The second-order valence-corrected chi connectivity index (χ2v) is 25.6. The van der Waals surface area contributed by atoms with Crippen LogP contribution >= 0.6 is 0 Å². The Morgan fingerprint density at radius 3 is 0.877 bits per heavy atom. The molecule has 0 spiro atoms. The zero-order valence-corrected chi connectivity index (χ0v) is 55.0. The quantitative estimate of drug-likeness (QED) is 0.0320. The van der Waals surface area contributed by atoms with Crippen LogP contribution in [0.5, 0.6) is 0 Å². The van der Waals surface area contributed by atoms with E-state index < -0.39 is 12.1 Å². The van der Waals surface area contributed by atoms with Gasteiger partial charge < -0.3 is 20.3 Å². The molecule has 0 aromatic rings. The molecule has 6 heteroatoms. The van der Waals surface area contributed by atoms with Crippen molar-refractivity contribution in [3.05, 3.63) is 24.3 Å². The van der Waals surface area contributed by atoms with E-state index in [9.17, 15) is 19.8 Å². The van der Waals surface area contributed by atoms with Crippen LogP contribution in [0.2, 0.25) is 0 Å². The molecule has 0 aliphatic carbocycles. The SMILES string of the molecule is CCCCCCCCCCCCCCCCCCC/C=C/C(O)C(CO)NC(=O)CCCCCCCCCCCCCCCC/C=C\CCCCCCCCCCCCCCOC(=O)CCCCCCCCCCCCCCCCC. The smallest absolute Gasteiger partial charge is 0.305 e. The number of esters is 1. The molecule has 0 rings (SSSR count). The zero-order chi connectivity index (χ0) is 58.5. The molecule has 2 atom stereocenters. The Hall–Kier alpha value is -1.66. The van der Waals surface area contributed by atoms with Crippen molar-refractivity contribution in [1.82, 2.24) is 5.32 Å². The van der Waals surface area contributed by atoms with Crippen molar-refractivity contribution in [2.75, 3.05) is 13.2 Å². The summed E-state index contributed by atoms with van der Waals surface area (Å²) in [4.78, 5) is 24.6. The van der Waals surface area contributed by atoms with Gasteiger partial charge in [-0.05, 0) is 57.8 Å². The van der Waals surface area contributed by atoms with Gasteiger partial charge in [-0.25, -0.2) is 0 Å². The molecule has 0 saturated carbocycles. The number of carbonyl (C=O) groups excluding carboxylic acids is 2. The molecule has 0 aliphatic rings. The number of rotatable bonds is 70. The van der Waals surface area contributed by atoms with Crippen LogP contribution in [0.4, 0.5) is 0 Å². The number of carbonyl (C=O) groups is 2. The molecule has 81 heavy (non-hydrogen) atoms. The van der Waals surface area contributed by atoms with Crippen LogP contribution in [0.3, 0.4) is 0 Å². The highest BCUT2D eigenvalue weighted by molar-refractivity contribution is 5.76. The van der Waals surface area contributed by atoms with Crippen molar-refractivity contribution in [2.45, 2.75) is 431 Å². The summed E-state index contributed by atoms with van der Waals surface area (Å²) >= 11 is 0. The standard InChI is InChI=1S/C75H145NO5/c1-3-5-7-9-11-13-15-17-19-20-33-36-40-43-47-51-55-59-63-67-73(78)72(71-77)76-74(79)68-64-60-56-52-48-44-41-37-34-31-29-27-25-23-21-22-24-26-28-30-32-35-38-42-46-50-54-58-62-66-70-81-75(80)69-65-61-57-53-49-45-39-18-16-14-12-10-8-6-4-2/h22,24,63,67,72-73,77-78H,3-21,23,25-62,64-66,68-71H2,1-2H3,(H,76,79)/b24-22-,67-63+. The molecular weight excluding hydrogens is 995 g/mol. The molecule has 0 heterocycles. The fraction of sp³-hybridized carbons (Fsp3) is 0.920. The van der Waals surface area contributed by atoms with E-state index in [0.717, 1.165) is 38.5 Å². The van der Waals surface area contributed by atoms with E-state index in [4.69, 9.17) is 4.74 Å². The molecular formula is C75H145NO5. The van der Waals surface area contributed by atoms with Crippen molar-refractivity contribution in [2.24, 2.45) is 0 Å². The Morgan fingerprint density at radius 2 is 0.580 bits per heavy atom. The molecule has 480 valence electrons. The number of aliphatic hydroxyl groups excluding tert-OH is 2. The van der Waals surface area contributed by atoms with Gasteiger partial charge in [0.15, 0.2) is 0 Å². The summed E-state index contributed by atoms with van der Waals surface area (Å²) in [5, 5.41) is 23.2. The minimum atomic E-state index is -0.844. The largest absolute Gasteiger partial charge is 0.466 e. The van der Waals surface area contributed by atoms with Crippen LogP contribution in [0.1, 0.15) is 418 Å². The molecule has 1 amide bonds. The maximum absolute atomic E-state index is 12.5. The first-order valence-corrected chi connectivity index (χ1v) is 37.1. The number of aliphatic hydroxyl groups is 2. The Kier molecular flexibility index (Phi) is 69.4. The summed E-state index contributed by atoms with van der Waals surface area (Å²) in [6.45, 7) is 4.95. The Bertz CT molecular complexity index is 1270. The second-order valence-electron chi connectivity index (χ2n) is 25.6. The van der Waals surface area contributed by atoms with E-state index in [1.165, 1.54) is 353 Å². The monoisotopic (exact) mass is 1140 g/mol. The number of ether oxygens (including phenoxy) is 1. The topological polar surface area (TPSA) is 95.9 Å². The third-order valence-corrected chi connectivity index (χ3v) is 17.5. The first kappa shape index (κ1) is 79.3. The molecule has 2 unspecified atom stereocenters. The van der Waals surface area contributed by atoms with Crippen LogP contribution in [0.25, 0.3) is 0 Å². The van der Waals surface area contributed by atoms with E-state index in [0.29, 0.717) is 19.4 Å². The molecule has 0 aromatic carbocycles. The maximum Gasteiger partial charge on any atom is 0.305 e. The third kappa shape index (κ3) is 67.3. The number of amides is 1. The normalized spacial score (nSPS) is 12.6. The Labute approximate surface area is 507 Å². The van der Waals surface area contributed by atoms with Gasteiger partial charge in [-0.3, -0.25) is 9.59 Å². The summed E-state index contributed by atoms with van der Waals surface area (Å²) in [6.07, 6.45) is 89.9. The fourth-order valence-corrected chi connectivity index (χ4v) is 11.8. The van der Waals surface area contributed by atoms with Gasteiger partial charge in [0.05, 0.1) is 25.4 Å². The van der Waals surface area contributed by atoms with Gasteiger partial charge in [-0.15, -0.1) is 0 Å². The average molecular weight is 1140 g/mol.